The first-order valence-electron chi connectivity index (χ1n) is 8.13. The molecule has 0 spiro atoms. The minimum atomic E-state index is -4.45. The van der Waals surface area contributed by atoms with Gasteiger partial charge in [0.25, 0.3) is 5.91 Å². The van der Waals surface area contributed by atoms with Crippen LogP contribution in [-0.2, 0) is 5.41 Å². The third-order valence-corrected chi connectivity index (χ3v) is 4.37. The molecule has 0 bridgehead atoms. The van der Waals surface area contributed by atoms with Crippen molar-refractivity contribution in [2.45, 2.75) is 24.4 Å². The highest BCUT2D eigenvalue weighted by molar-refractivity contribution is 5.92. The normalized spacial score (nSPS) is 15.4. The van der Waals surface area contributed by atoms with Gasteiger partial charge in [0, 0.05) is 25.1 Å². The third-order valence-electron chi connectivity index (χ3n) is 4.37. The largest absolute Gasteiger partial charge is 0.467 e. The van der Waals surface area contributed by atoms with Gasteiger partial charge in [-0.1, -0.05) is 30.3 Å². The number of alkyl halides is 3. The number of nitrogens with zero attached hydrogens (tertiary/aromatic N) is 3. The number of aromatic nitrogens is 2. The van der Waals surface area contributed by atoms with Gasteiger partial charge in [-0.15, -0.1) is 10.2 Å². The summed E-state index contributed by atoms with van der Waals surface area (Å²) in [5.74, 6) is -0.605. The molecule has 0 aliphatic heterocycles. The van der Waals surface area contributed by atoms with E-state index >= 15 is 0 Å². The van der Waals surface area contributed by atoms with Crippen molar-refractivity contribution in [2.75, 3.05) is 20.2 Å². The Labute approximate surface area is 148 Å². The number of halogens is 3. The predicted molar refractivity (Wildman–Crippen MR) is 87.9 cm³/mol. The van der Waals surface area contributed by atoms with E-state index in [4.69, 9.17) is 0 Å². The highest BCUT2D eigenvalue weighted by Crippen LogP contribution is 2.48. The fraction of sp³-hybridized carbons (Fsp3) is 0.389. The Morgan fingerprint density at radius 1 is 1.15 bits per heavy atom. The van der Waals surface area contributed by atoms with Gasteiger partial charge in [-0.05, 0) is 24.5 Å². The molecule has 8 heteroatoms. The van der Waals surface area contributed by atoms with Crippen LogP contribution in [-0.4, -0.2) is 47.4 Å². The van der Waals surface area contributed by atoms with E-state index < -0.39 is 12.8 Å². The zero-order valence-electron chi connectivity index (χ0n) is 14.2. The lowest BCUT2D eigenvalue weighted by atomic mass is 9.95. The summed E-state index contributed by atoms with van der Waals surface area (Å²) in [5, 5.41) is 7.23. The molecule has 0 saturated heterocycles. The molecule has 1 fully saturated rings. The number of likely N-dealkylation sites (N-methyl/N-ethyl adjacent to an activating group) is 1. The van der Waals surface area contributed by atoms with Crippen molar-refractivity contribution in [3.8, 4) is 5.88 Å². The van der Waals surface area contributed by atoms with E-state index in [0.717, 1.165) is 12.8 Å². The minimum Gasteiger partial charge on any atom is -0.467 e. The molecule has 1 aromatic heterocycles. The number of rotatable bonds is 6. The summed E-state index contributed by atoms with van der Waals surface area (Å²) >= 11 is 0. The van der Waals surface area contributed by atoms with Crippen LogP contribution < -0.4 is 4.74 Å². The van der Waals surface area contributed by atoms with E-state index in [1.165, 1.54) is 17.7 Å². The summed E-state index contributed by atoms with van der Waals surface area (Å²) in [6.45, 7) is -0.904. The first kappa shape index (κ1) is 18.2. The van der Waals surface area contributed by atoms with Crippen LogP contribution >= 0.6 is 0 Å². The number of amides is 1. The second kappa shape index (κ2) is 6.93. The average Bonchev–Trinajstić information content (AvgIpc) is 3.40. The second-order valence-electron chi connectivity index (χ2n) is 6.47. The minimum absolute atomic E-state index is 0.0329. The maximum atomic E-state index is 12.5. The van der Waals surface area contributed by atoms with E-state index in [0.29, 0.717) is 6.54 Å². The molecule has 138 valence electrons. The molecule has 5 nitrogen and oxygen atoms in total. The maximum Gasteiger partial charge on any atom is 0.422 e. The van der Waals surface area contributed by atoms with Crippen LogP contribution in [0.5, 0.6) is 5.88 Å². The first-order chi connectivity index (χ1) is 12.3. The summed E-state index contributed by atoms with van der Waals surface area (Å²) in [7, 11) is 1.68. The molecule has 26 heavy (non-hydrogen) atoms. The smallest absolute Gasteiger partial charge is 0.422 e. The maximum absolute atomic E-state index is 12.5. The Bertz CT molecular complexity index is 760. The van der Waals surface area contributed by atoms with Gasteiger partial charge in [-0.3, -0.25) is 4.79 Å². The topological polar surface area (TPSA) is 55.3 Å². The monoisotopic (exact) mass is 365 g/mol. The average molecular weight is 365 g/mol. The third kappa shape index (κ3) is 4.30. The molecule has 0 unspecified atom stereocenters. The molecule has 2 aromatic rings. The molecule has 1 aliphatic rings. The quantitative estimate of drug-likeness (QED) is 0.789. The van der Waals surface area contributed by atoms with Crippen LogP contribution in [0, 0.1) is 0 Å². The zero-order chi connectivity index (χ0) is 18.8. The Morgan fingerprint density at radius 2 is 1.85 bits per heavy atom. The molecule has 1 amide bonds. The van der Waals surface area contributed by atoms with E-state index in [1.54, 1.807) is 11.9 Å². The molecular formula is C18H18F3N3O2. The Hall–Kier alpha value is -2.64. The van der Waals surface area contributed by atoms with Gasteiger partial charge in [0.15, 0.2) is 12.3 Å². The Morgan fingerprint density at radius 3 is 2.38 bits per heavy atom. The molecule has 0 radical (unpaired) electrons. The summed E-state index contributed by atoms with van der Waals surface area (Å²) in [5.41, 5.74) is 1.23. The van der Waals surface area contributed by atoms with Crippen LogP contribution in [0.4, 0.5) is 13.2 Å². The van der Waals surface area contributed by atoms with Gasteiger partial charge < -0.3 is 9.64 Å². The summed E-state index contributed by atoms with van der Waals surface area (Å²) < 4.78 is 40.9. The molecule has 1 aliphatic carbocycles. The van der Waals surface area contributed by atoms with Gasteiger partial charge in [-0.25, -0.2) is 0 Å². The van der Waals surface area contributed by atoms with Crippen molar-refractivity contribution in [1.82, 2.24) is 15.1 Å². The van der Waals surface area contributed by atoms with Gasteiger partial charge in [0.2, 0.25) is 5.88 Å². The van der Waals surface area contributed by atoms with Gasteiger partial charge in [-0.2, -0.15) is 13.2 Å². The van der Waals surface area contributed by atoms with E-state index in [-0.39, 0.29) is 22.9 Å². The van der Waals surface area contributed by atoms with Crippen LogP contribution in [0.3, 0.4) is 0 Å². The predicted octanol–water partition coefficient (Wildman–Crippen LogP) is 3.22. The number of ether oxygens (including phenoxy) is 1. The fourth-order valence-electron chi connectivity index (χ4n) is 2.87. The number of carbonyl (C=O) groups excluding carboxylic acids is 1. The molecule has 0 atom stereocenters. The number of hydrogen-bond acceptors (Lipinski definition) is 4. The van der Waals surface area contributed by atoms with Crippen LogP contribution in [0.15, 0.2) is 42.5 Å². The lowest BCUT2D eigenvalue weighted by Gasteiger charge is -2.24. The van der Waals surface area contributed by atoms with Crippen molar-refractivity contribution >= 4 is 5.91 Å². The molecule has 1 heterocycles. The number of carbonyl (C=O) groups is 1. The first-order valence-corrected chi connectivity index (χ1v) is 8.13. The number of hydrogen-bond donors (Lipinski definition) is 0. The van der Waals surface area contributed by atoms with Gasteiger partial charge >= 0.3 is 6.18 Å². The Balaban J connectivity index is 1.62. The zero-order valence-corrected chi connectivity index (χ0v) is 14.2. The summed E-state index contributed by atoms with van der Waals surface area (Å²) in [6.07, 6.45) is -2.44. The second-order valence-corrected chi connectivity index (χ2v) is 6.47. The van der Waals surface area contributed by atoms with Crippen LogP contribution in [0.1, 0.15) is 28.9 Å². The lowest BCUT2D eigenvalue weighted by molar-refractivity contribution is -0.154. The molecule has 3 rings (SSSR count). The lowest BCUT2D eigenvalue weighted by Crippen LogP contribution is -2.35. The van der Waals surface area contributed by atoms with Crippen molar-refractivity contribution in [1.29, 1.82) is 0 Å². The standard InChI is InChI=1S/C18H18F3N3O2/c1-24(11-17(9-10-17)13-5-3-2-4-6-13)16(25)14-7-8-15(23-22-14)26-12-18(19,20)21/h2-8H,9-12H2,1H3. The van der Waals surface area contributed by atoms with E-state index in [9.17, 15) is 18.0 Å². The Kier molecular flexibility index (Phi) is 4.84. The van der Waals surface area contributed by atoms with Gasteiger partial charge in [0.1, 0.15) is 0 Å². The SMILES string of the molecule is CN(CC1(c2ccccc2)CC1)C(=O)c1ccc(OCC(F)(F)F)nn1. The molecule has 1 saturated carbocycles. The van der Waals surface area contributed by atoms with Crippen LogP contribution in [0.2, 0.25) is 0 Å². The van der Waals surface area contributed by atoms with E-state index in [2.05, 4.69) is 27.1 Å². The summed E-state index contributed by atoms with van der Waals surface area (Å²) in [4.78, 5) is 14.1. The highest BCUT2D eigenvalue weighted by Gasteiger charge is 2.45. The van der Waals surface area contributed by atoms with Gasteiger partial charge in [0.05, 0.1) is 0 Å². The summed E-state index contributed by atoms with van der Waals surface area (Å²) in [6, 6.07) is 12.5. The van der Waals surface area contributed by atoms with E-state index in [1.807, 2.05) is 18.2 Å². The van der Waals surface area contributed by atoms with Crippen molar-refractivity contribution in [3.05, 3.63) is 53.7 Å². The molecule has 0 N–H and O–H groups in total. The van der Waals surface area contributed by atoms with Crippen molar-refractivity contribution < 1.29 is 22.7 Å². The molecule has 1 aromatic carbocycles. The number of benzene rings is 1. The fourth-order valence-corrected chi connectivity index (χ4v) is 2.87. The van der Waals surface area contributed by atoms with Crippen molar-refractivity contribution in [3.63, 3.8) is 0 Å². The molecular weight excluding hydrogens is 347 g/mol. The van der Waals surface area contributed by atoms with Crippen molar-refractivity contribution in [2.24, 2.45) is 0 Å². The van der Waals surface area contributed by atoms with Crippen LogP contribution in [0.25, 0.3) is 0 Å². The highest BCUT2D eigenvalue weighted by atomic mass is 19.4.